The summed E-state index contributed by atoms with van der Waals surface area (Å²) >= 11 is 0. The fourth-order valence-corrected chi connectivity index (χ4v) is 3.96. The molecule has 0 atom stereocenters. The number of benzene rings is 2. The number of likely N-dealkylation sites (tertiary alicyclic amines) is 1. The molecule has 0 aromatic heterocycles. The molecule has 1 fully saturated rings. The van der Waals surface area contributed by atoms with Crippen LogP contribution >= 0.6 is 0 Å². The van der Waals surface area contributed by atoms with Crippen molar-refractivity contribution in [3.8, 4) is 17.2 Å². The molecular formula is C25H32N2O. The monoisotopic (exact) mass is 376 g/mol. The summed E-state index contributed by atoms with van der Waals surface area (Å²) in [6, 6.07) is 17.4. The molecule has 0 amide bonds. The minimum absolute atomic E-state index is 0.650. The van der Waals surface area contributed by atoms with Crippen molar-refractivity contribution < 1.29 is 4.74 Å². The quantitative estimate of drug-likeness (QED) is 0.647. The second-order valence-electron chi connectivity index (χ2n) is 8.17. The lowest BCUT2D eigenvalue weighted by molar-refractivity contribution is 0.0513. The molecule has 0 bridgehead atoms. The topological polar surface area (TPSA) is 36.3 Å². The summed E-state index contributed by atoms with van der Waals surface area (Å²) in [4.78, 5) is 2.56. The molecule has 0 unspecified atom stereocenters. The average Bonchev–Trinajstić information content (AvgIpc) is 2.74. The molecule has 0 spiro atoms. The molecule has 3 nitrogen and oxygen atoms in total. The summed E-state index contributed by atoms with van der Waals surface area (Å²) < 4.78 is 6.12. The van der Waals surface area contributed by atoms with Gasteiger partial charge in [0, 0.05) is 12.6 Å². The Kier molecular flexibility index (Phi) is 7.25. The fraction of sp³-hybridized carbons (Fsp3) is 0.480. The van der Waals surface area contributed by atoms with Gasteiger partial charge in [-0.2, -0.15) is 5.26 Å². The molecule has 3 heteroatoms. The lowest BCUT2D eigenvalue weighted by Gasteiger charge is -2.34. The van der Waals surface area contributed by atoms with Crippen LogP contribution in [0.4, 0.5) is 0 Å². The number of hydrogen-bond acceptors (Lipinski definition) is 3. The number of aryl methyl sites for hydroxylation is 1. The van der Waals surface area contributed by atoms with E-state index in [1.807, 2.05) is 18.2 Å². The fourth-order valence-electron chi connectivity index (χ4n) is 3.96. The smallest absolute Gasteiger partial charge is 0.0991 e. The molecule has 1 saturated heterocycles. The Balaban J connectivity index is 1.62. The van der Waals surface area contributed by atoms with Gasteiger partial charge in [0.15, 0.2) is 0 Å². The third-order valence-corrected chi connectivity index (χ3v) is 5.79. The number of rotatable bonds is 7. The van der Waals surface area contributed by atoms with E-state index in [-0.39, 0.29) is 0 Å². The van der Waals surface area contributed by atoms with E-state index < -0.39 is 0 Å². The predicted molar refractivity (Wildman–Crippen MR) is 115 cm³/mol. The van der Waals surface area contributed by atoms with Crippen molar-refractivity contribution in [1.82, 2.24) is 4.90 Å². The zero-order valence-electron chi connectivity index (χ0n) is 17.4. The normalized spacial score (nSPS) is 15.7. The van der Waals surface area contributed by atoms with E-state index in [1.165, 1.54) is 42.6 Å². The van der Waals surface area contributed by atoms with Crippen LogP contribution in [0.5, 0.6) is 0 Å². The van der Waals surface area contributed by atoms with Gasteiger partial charge in [-0.1, -0.05) is 31.2 Å². The van der Waals surface area contributed by atoms with Gasteiger partial charge < -0.3 is 9.64 Å². The number of ether oxygens (including phenoxy) is 1. The van der Waals surface area contributed by atoms with Crippen molar-refractivity contribution in [1.29, 1.82) is 5.26 Å². The Hall–Kier alpha value is -2.15. The molecule has 0 radical (unpaired) electrons. The highest BCUT2D eigenvalue weighted by Crippen LogP contribution is 2.25. The van der Waals surface area contributed by atoms with Crippen molar-refractivity contribution >= 4 is 0 Å². The van der Waals surface area contributed by atoms with E-state index in [9.17, 15) is 5.26 Å². The van der Waals surface area contributed by atoms with E-state index in [4.69, 9.17) is 4.74 Å². The molecule has 28 heavy (non-hydrogen) atoms. The Bertz CT molecular complexity index is 814. The largest absolute Gasteiger partial charge is 0.376 e. The first-order chi connectivity index (χ1) is 13.6. The molecule has 1 aliphatic heterocycles. The molecule has 0 aliphatic carbocycles. The number of piperidine rings is 1. The van der Waals surface area contributed by atoms with Crippen LogP contribution in [0.3, 0.4) is 0 Å². The molecule has 2 aromatic carbocycles. The van der Waals surface area contributed by atoms with Crippen molar-refractivity contribution in [3.05, 3.63) is 59.2 Å². The van der Waals surface area contributed by atoms with Gasteiger partial charge in [0.1, 0.15) is 0 Å². The van der Waals surface area contributed by atoms with Crippen LogP contribution in [-0.2, 0) is 17.8 Å². The Morgan fingerprint density at radius 3 is 2.50 bits per heavy atom. The van der Waals surface area contributed by atoms with Crippen molar-refractivity contribution in [2.45, 2.75) is 52.7 Å². The maximum Gasteiger partial charge on any atom is 0.0991 e. The first-order valence-electron chi connectivity index (χ1n) is 10.5. The number of hydrogen-bond donors (Lipinski definition) is 0. The van der Waals surface area contributed by atoms with Crippen molar-refractivity contribution in [3.63, 3.8) is 0 Å². The average molecular weight is 377 g/mol. The minimum atomic E-state index is 0.650. The molecule has 0 saturated carbocycles. The second-order valence-corrected chi connectivity index (χ2v) is 8.17. The summed E-state index contributed by atoms with van der Waals surface area (Å²) in [5.41, 5.74) is 5.49. The summed E-state index contributed by atoms with van der Waals surface area (Å²) in [6.45, 7) is 10.6. The van der Waals surface area contributed by atoms with Crippen molar-refractivity contribution in [2.24, 2.45) is 5.92 Å². The summed E-state index contributed by atoms with van der Waals surface area (Å²) in [7, 11) is 0. The number of nitriles is 1. The third-order valence-electron chi connectivity index (χ3n) is 5.79. The molecule has 0 N–H and O–H groups in total. The van der Waals surface area contributed by atoms with Crippen LogP contribution < -0.4 is 0 Å². The second kappa shape index (κ2) is 9.87. The zero-order chi connectivity index (χ0) is 19.9. The molecule has 3 rings (SSSR count). The molecule has 1 heterocycles. The lowest BCUT2D eigenvalue weighted by Crippen LogP contribution is -2.39. The zero-order valence-corrected chi connectivity index (χ0v) is 17.4. The Labute approximate surface area is 169 Å². The highest BCUT2D eigenvalue weighted by Gasteiger charge is 2.20. The van der Waals surface area contributed by atoms with Crippen LogP contribution in [-0.4, -0.2) is 30.6 Å². The molecule has 1 aliphatic rings. The maximum atomic E-state index is 9.18. The predicted octanol–water partition coefficient (Wildman–Crippen LogP) is 5.42. The molecule has 2 aromatic rings. The van der Waals surface area contributed by atoms with Crippen molar-refractivity contribution in [2.75, 3.05) is 19.7 Å². The van der Waals surface area contributed by atoms with Gasteiger partial charge in [-0.3, -0.25) is 0 Å². The van der Waals surface area contributed by atoms with Gasteiger partial charge in [-0.15, -0.1) is 0 Å². The highest BCUT2D eigenvalue weighted by atomic mass is 16.5. The van der Waals surface area contributed by atoms with Crippen LogP contribution in [0.1, 0.15) is 50.3 Å². The van der Waals surface area contributed by atoms with Gasteiger partial charge >= 0.3 is 0 Å². The van der Waals surface area contributed by atoms with E-state index in [0.717, 1.165) is 18.6 Å². The van der Waals surface area contributed by atoms with Crippen LogP contribution in [0.2, 0.25) is 0 Å². The summed E-state index contributed by atoms with van der Waals surface area (Å²) in [5, 5.41) is 9.18. The number of nitrogens with zero attached hydrogens (tertiary/aromatic N) is 2. The van der Waals surface area contributed by atoms with Gasteiger partial charge in [0.25, 0.3) is 0 Å². The van der Waals surface area contributed by atoms with Crippen LogP contribution in [0.25, 0.3) is 11.1 Å². The van der Waals surface area contributed by atoms with E-state index in [2.05, 4.69) is 56.0 Å². The third kappa shape index (κ3) is 5.44. The maximum absolute atomic E-state index is 9.18. The van der Waals surface area contributed by atoms with E-state index >= 15 is 0 Å². The van der Waals surface area contributed by atoms with Crippen LogP contribution in [0.15, 0.2) is 42.5 Å². The summed E-state index contributed by atoms with van der Waals surface area (Å²) in [6.07, 6.45) is 3.46. The minimum Gasteiger partial charge on any atom is -0.376 e. The Morgan fingerprint density at radius 1 is 1.07 bits per heavy atom. The van der Waals surface area contributed by atoms with E-state index in [0.29, 0.717) is 24.1 Å². The van der Waals surface area contributed by atoms with Gasteiger partial charge in [0.05, 0.1) is 18.2 Å². The SMILES string of the molecule is CCc1cc(COCC2CCN(C(C)C)CC2)cc(-c2cccc(C#N)c2)c1. The van der Waals surface area contributed by atoms with Gasteiger partial charge in [-0.05, 0) is 92.6 Å². The standard InChI is InChI=1S/C25H32N2O/c1-4-20-12-23(15-25(13-20)24-7-5-6-22(14-24)16-26)18-28-17-21-8-10-27(11-9-21)19(2)3/h5-7,12-15,19,21H,4,8-11,17-18H2,1-3H3. The highest BCUT2D eigenvalue weighted by molar-refractivity contribution is 5.66. The Morgan fingerprint density at radius 2 is 1.82 bits per heavy atom. The molecular weight excluding hydrogens is 344 g/mol. The van der Waals surface area contributed by atoms with Gasteiger partial charge in [0.2, 0.25) is 0 Å². The van der Waals surface area contributed by atoms with Crippen LogP contribution in [0, 0.1) is 17.2 Å². The molecule has 148 valence electrons. The lowest BCUT2D eigenvalue weighted by atomic mass is 9.96. The first-order valence-corrected chi connectivity index (χ1v) is 10.5. The van der Waals surface area contributed by atoms with E-state index in [1.54, 1.807) is 0 Å². The van der Waals surface area contributed by atoms with Gasteiger partial charge in [-0.25, -0.2) is 0 Å². The first kappa shape index (κ1) is 20.6. The summed E-state index contributed by atoms with van der Waals surface area (Å²) in [5.74, 6) is 0.677.